The van der Waals surface area contributed by atoms with Crippen LogP contribution in [0.2, 0.25) is 0 Å². The topological polar surface area (TPSA) is 76.4 Å². The van der Waals surface area contributed by atoms with Crippen molar-refractivity contribution in [3.05, 3.63) is 11.6 Å². The summed E-state index contributed by atoms with van der Waals surface area (Å²) >= 11 is 0. The van der Waals surface area contributed by atoms with Crippen LogP contribution in [0.3, 0.4) is 0 Å². The van der Waals surface area contributed by atoms with E-state index in [1.165, 1.54) is 0 Å². The van der Waals surface area contributed by atoms with Crippen molar-refractivity contribution < 1.29 is 4.74 Å². The Morgan fingerprint density at radius 2 is 2.24 bits per heavy atom. The minimum absolute atomic E-state index is 0.0858. The molecule has 1 aliphatic rings. The van der Waals surface area contributed by atoms with Crippen LogP contribution in [0.4, 0.5) is 0 Å². The normalized spacial score (nSPS) is 22.6. The van der Waals surface area contributed by atoms with E-state index in [0.29, 0.717) is 6.54 Å². The third kappa shape index (κ3) is 4.17. The number of nitrogens with one attached hydrogen (secondary N) is 2. The molecule has 2 heterocycles. The van der Waals surface area contributed by atoms with Crippen LogP contribution in [-0.4, -0.2) is 46.0 Å². The van der Waals surface area contributed by atoms with Crippen molar-refractivity contribution in [1.29, 1.82) is 0 Å². The highest BCUT2D eigenvalue weighted by molar-refractivity contribution is 5.79. The van der Waals surface area contributed by atoms with E-state index >= 15 is 0 Å². The maximum atomic E-state index is 5.78. The molecule has 21 heavy (non-hydrogen) atoms. The number of aliphatic imine (C=N–C) groups is 1. The molecule has 0 aromatic carbocycles. The average Bonchev–Trinajstić information content (AvgIpc) is 3.03. The van der Waals surface area contributed by atoms with Gasteiger partial charge in [0.25, 0.3) is 0 Å². The first kappa shape index (κ1) is 15.8. The second-order valence-electron chi connectivity index (χ2n) is 5.67. The molecular formula is C14H26N6O. The van der Waals surface area contributed by atoms with E-state index in [2.05, 4.69) is 39.7 Å². The van der Waals surface area contributed by atoms with Gasteiger partial charge in [-0.1, -0.05) is 0 Å². The summed E-state index contributed by atoms with van der Waals surface area (Å²) in [7, 11) is 1.95. The monoisotopic (exact) mass is 294 g/mol. The number of hydrogen-bond donors (Lipinski definition) is 2. The van der Waals surface area contributed by atoms with Gasteiger partial charge in [-0.15, -0.1) is 10.2 Å². The van der Waals surface area contributed by atoms with Crippen molar-refractivity contribution in [3.63, 3.8) is 0 Å². The summed E-state index contributed by atoms with van der Waals surface area (Å²) in [6, 6.07) is 0. The average molecular weight is 294 g/mol. The number of hydrogen-bond acceptors (Lipinski definition) is 4. The van der Waals surface area contributed by atoms with E-state index in [9.17, 15) is 0 Å². The zero-order valence-corrected chi connectivity index (χ0v) is 13.4. The first-order valence-electron chi connectivity index (χ1n) is 7.55. The highest BCUT2D eigenvalue weighted by Gasteiger charge is 2.29. The Bertz CT molecular complexity index is 490. The van der Waals surface area contributed by atoms with Gasteiger partial charge in [0, 0.05) is 26.7 Å². The molecule has 0 bridgehead atoms. The van der Waals surface area contributed by atoms with E-state index in [4.69, 9.17) is 4.74 Å². The lowest BCUT2D eigenvalue weighted by Crippen LogP contribution is -2.45. The van der Waals surface area contributed by atoms with Gasteiger partial charge in [-0.25, -0.2) is 4.99 Å². The van der Waals surface area contributed by atoms with Gasteiger partial charge < -0.3 is 19.9 Å². The minimum atomic E-state index is -0.0858. The highest BCUT2D eigenvalue weighted by atomic mass is 16.5. The van der Waals surface area contributed by atoms with Gasteiger partial charge in [0.15, 0.2) is 11.8 Å². The van der Waals surface area contributed by atoms with E-state index in [0.717, 1.165) is 50.1 Å². The number of aromatic nitrogens is 3. The summed E-state index contributed by atoms with van der Waals surface area (Å²) in [5.41, 5.74) is -0.0858. The van der Waals surface area contributed by atoms with Gasteiger partial charge in [0.1, 0.15) is 12.4 Å². The lowest BCUT2D eigenvalue weighted by Gasteiger charge is -2.24. The molecule has 0 spiro atoms. The van der Waals surface area contributed by atoms with Crippen molar-refractivity contribution in [2.75, 3.05) is 19.7 Å². The van der Waals surface area contributed by atoms with Crippen molar-refractivity contribution in [1.82, 2.24) is 25.4 Å². The largest absolute Gasteiger partial charge is 0.373 e. The van der Waals surface area contributed by atoms with Gasteiger partial charge in [-0.2, -0.15) is 0 Å². The summed E-state index contributed by atoms with van der Waals surface area (Å²) in [5.74, 6) is 2.54. The quantitative estimate of drug-likeness (QED) is 0.619. The number of ether oxygens (including phenoxy) is 1. The molecule has 1 unspecified atom stereocenters. The Morgan fingerprint density at radius 3 is 2.81 bits per heavy atom. The Labute approximate surface area is 126 Å². The van der Waals surface area contributed by atoms with Crippen molar-refractivity contribution >= 4 is 5.96 Å². The Balaban J connectivity index is 1.94. The van der Waals surface area contributed by atoms with Gasteiger partial charge >= 0.3 is 0 Å². The van der Waals surface area contributed by atoms with Crippen LogP contribution in [0.25, 0.3) is 0 Å². The number of rotatable bonds is 5. The molecule has 7 nitrogen and oxygen atoms in total. The molecule has 0 saturated carbocycles. The molecule has 1 saturated heterocycles. The van der Waals surface area contributed by atoms with Crippen molar-refractivity contribution in [2.24, 2.45) is 12.0 Å². The molecule has 1 fully saturated rings. The predicted octanol–water partition coefficient (Wildman–Crippen LogP) is 0.748. The molecule has 118 valence electrons. The van der Waals surface area contributed by atoms with Crippen LogP contribution in [-0.2, 0) is 18.3 Å². The van der Waals surface area contributed by atoms with E-state index in [1.807, 2.05) is 18.5 Å². The van der Waals surface area contributed by atoms with E-state index in [1.54, 1.807) is 0 Å². The zero-order valence-electron chi connectivity index (χ0n) is 13.4. The first-order chi connectivity index (χ1) is 10.0. The number of nitrogens with zero attached hydrogens (tertiary/aromatic N) is 4. The molecule has 7 heteroatoms. The van der Waals surface area contributed by atoms with Crippen LogP contribution < -0.4 is 10.6 Å². The second-order valence-corrected chi connectivity index (χ2v) is 5.67. The SMILES string of the molecule is CCNC(=NCc1nnc(C)n1C)NCC1(C)CCCO1. The summed E-state index contributed by atoms with van der Waals surface area (Å²) in [6.45, 7) is 9.06. The summed E-state index contributed by atoms with van der Waals surface area (Å²) < 4.78 is 7.74. The third-order valence-electron chi connectivity index (χ3n) is 3.84. The summed E-state index contributed by atoms with van der Waals surface area (Å²) in [5, 5.41) is 14.8. The zero-order chi connectivity index (χ0) is 15.3. The summed E-state index contributed by atoms with van der Waals surface area (Å²) in [4.78, 5) is 4.57. The fraction of sp³-hybridized carbons (Fsp3) is 0.786. The molecular weight excluding hydrogens is 268 g/mol. The molecule has 0 amide bonds. The maximum absolute atomic E-state index is 5.78. The highest BCUT2D eigenvalue weighted by Crippen LogP contribution is 2.23. The molecule has 0 radical (unpaired) electrons. The van der Waals surface area contributed by atoms with E-state index in [-0.39, 0.29) is 5.60 Å². The van der Waals surface area contributed by atoms with E-state index < -0.39 is 0 Å². The van der Waals surface area contributed by atoms with Crippen LogP contribution in [0.1, 0.15) is 38.3 Å². The number of guanidine groups is 1. The van der Waals surface area contributed by atoms with Gasteiger partial charge in [-0.3, -0.25) is 0 Å². The van der Waals surface area contributed by atoms with Crippen molar-refractivity contribution in [2.45, 2.75) is 45.8 Å². The van der Waals surface area contributed by atoms with Crippen molar-refractivity contribution in [3.8, 4) is 0 Å². The Kier molecular flexibility index (Phi) is 5.17. The molecule has 0 aliphatic carbocycles. The molecule has 2 rings (SSSR count). The van der Waals surface area contributed by atoms with Crippen LogP contribution in [0.15, 0.2) is 4.99 Å². The molecule has 1 aliphatic heterocycles. The number of aryl methyl sites for hydroxylation is 1. The predicted molar refractivity (Wildman–Crippen MR) is 82.1 cm³/mol. The lowest BCUT2D eigenvalue weighted by atomic mass is 10.0. The third-order valence-corrected chi connectivity index (χ3v) is 3.84. The van der Waals surface area contributed by atoms with Gasteiger partial charge in [0.05, 0.1) is 5.60 Å². The Hall–Kier alpha value is -1.63. The smallest absolute Gasteiger partial charge is 0.191 e. The standard InChI is InChI=1S/C14H26N6O/c1-5-15-13(17-10-14(3)7-6-8-21-14)16-9-12-19-18-11(2)20(12)4/h5-10H2,1-4H3,(H2,15,16,17). The molecule has 1 aromatic heterocycles. The lowest BCUT2D eigenvalue weighted by molar-refractivity contribution is 0.0243. The molecule has 2 N–H and O–H groups in total. The Morgan fingerprint density at radius 1 is 1.43 bits per heavy atom. The molecule has 1 aromatic rings. The fourth-order valence-corrected chi connectivity index (χ4v) is 2.33. The maximum Gasteiger partial charge on any atom is 0.191 e. The summed E-state index contributed by atoms with van der Waals surface area (Å²) in [6.07, 6.45) is 2.21. The minimum Gasteiger partial charge on any atom is -0.373 e. The van der Waals surface area contributed by atoms with Gasteiger partial charge in [0.2, 0.25) is 0 Å². The van der Waals surface area contributed by atoms with Crippen LogP contribution in [0, 0.1) is 6.92 Å². The van der Waals surface area contributed by atoms with Gasteiger partial charge in [-0.05, 0) is 33.6 Å². The van der Waals surface area contributed by atoms with Crippen LogP contribution in [0.5, 0.6) is 0 Å². The molecule has 1 atom stereocenters. The fourth-order valence-electron chi connectivity index (χ4n) is 2.33. The second kappa shape index (κ2) is 6.89. The van der Waals surface area contributed by atoms with Crippen LogP contribution >= 0.6 is 0 Å². The first-order valence-corrected chi connectivity index (χ1v) is 7.55.